The molecular formula is C14H21ClN2O2. The van der Waals surface area contributed by atoms with Gasteiger partial charge in [0.1, 0.15) is 0 Å². The number of carbonyl (C=O) groups excluding carboxylic acids is 1. The first-order chi connectivity index (χ1) is 9.11. The van der Waals surface area contributed by atoms with Gasteiger partial charge in [-0.3, -0.25) is 0 Å². The molecule has 0 aliphatic rings. The number of halogens is 1. The van der Waals surface area contributed by atoms with Crippen LogP contribution in [0.3, 0.4) is 0 Å². The largest absolute Gasteiger partial charge is 0.396 e. The van der Waals surface area contributed by atoms with E-state index >= 15 is 0 Å². The van der Waals surface area contributed by atoms with Gasteiger partial charge in [0.05, 0.1) is 0 Å². The number of aliphatic hydroxyl groups excluding tert-OH is 1. The molecule has 1 unspecified atom stereocenters. The van der Waals surface area contributed by atoms with Gasteiger partial charge in [0, 0.05) is 24.7 Å². The van der Waals surface area contributed by atoms with Crippen LogP contribution >= 0.6 is 11.6 Å². The highest BCUT2D eigenvalue weighted by molar-refractivity contribution is 6.30. The highest BCUT2D eigenvalue weighted by atomic mass is 35.5. The van der Waals surface area contributed by atoms with Crippen molar-refractivity contribution in [1.82, 2.24) is 10.6 Å². The van der Waals surface area contributed by atoms with Gasteiger partial charge < -0.3 is 15.7 Å². The van der Waals surface area contributed by atoms with Crippen molar-refractivity contribution in [3.63, 3.8) is 0 Å². The minimum absolute atomic E-state index is 0.152. The van der Waals surface area contributed by atoms with E-state index in [4.69, 9.17) is 16.7 Å². The third-order valence-corrected chi connectivity index (χ3v) is 3.06. The van der Waals surface area contributed by atoms with Crippen molar-refractivity contribution in [2.75, 3.05) is 19.7 Å². The lowest BCUT2D eigenvalue weighted by Crippen LogP contribution is -2.38. The highest BCUT2D eigenvalue weighted by Gasteiger charge is 2.04. The Bertz CT molecular complexity index is 399. The number of carbonyl (C=O) groups is 1. The molecule has 3 N–H and O–H groups in total. The summed E-state index contributed by atoms with van der Waals surface area (Å²) >= 11 is 5.88. The Morgan fingerprint density at radius 2 is 2.21 bits per heavy atom. The van der Waals surface area contributed by atoms with E-state index in [0.717, 1.165) is 12.0 Å². The summed E-state index contributed by atoms with van der Waals surface area (Å²) in [4.78, 5) is 11.5. The van der Waals surface area contributed by atoms with E-state index in [9.17, 15) is 4.79 Å². The Hall–Kier alpha value is -1.26. The van der Waals surface area contributed by atoms with E-state index in [2.05, 4.69) is 10.6 Å². The second kappa shape index (κ2) is 8.77. The van der Waals surface area contributed by atoms with Crippen LogP contribution in [0.25, 0.3) is 0 Å². The van der Waals surface area contributed by atoms with E-state index in [-0.39, 0.29) is 18.6 Å². The second-order valence-electron chi connectivity index (χ2n) is 4.63. The predicted molar refractivity (Wildman–Crippen MR) is 77.4 cm³/mol. The quantitative estimate of drug-likeness (QED) is 0.719. The van der Waals surface area contributed by atoms with Crippen LogP contribution in [-0.2, 0) is 6.42 Å². The van der Waals surface area contributed by atoms with Crippen LogP contribution < -0.4 is 10.6 Å². The Balaban J connectivity index is 2.17. The third-order valence-electron chi connectivity index (χ3n) is 2.82. The molecule has 5 heteroatoms. The van der Waals surface area contributed by atoms with Crippen LogP contribution in [0.1, 0.15) is 18.9 Å². The van der Waals surface area contributed by atoms with Crippen molar-refractivity contribution in [3.8, 4) is 0 Å². The normalized spacial score (nSPS) is 11.9. The van der Waals surface area contributed by atoms with E-state index in [1.54, 1.807) is 0 Å². The lowest BCUT2D eigenvalue weighted by Gasteiger charge is -2.12. The van der Waals surface area contributed by atoms with Crippen molar-refractivity contribution < 1.29 is 9.90 Å². The predicted octanol–water partition coefficient (Wildman–Crippen LogP) is 2.20. The van der Waals surface area contributed by atoms with Gasteiger partial charge in [-0.1, -0.05) is 30.7 Å². The summed E-state index contributed by atoms with van der Waals surface area (Å²) in [6.07, 6.45) is 1.45. The molecule has 0 fully saturated rings. The maximum absolute atomic E-state index is 11.5. The topological polar surface area (TPSA) is 61.4 Å². The molecule has 1 aromatic rings. The molecule has 0 heterocycles. The van der Waals surface area contributed by atoms with E-state index in [1.807, 2.05) is 31.2 Å². The number of nitrogens with one attached hydrogen (secondary N) is 2. The molecule has 0 aliphatic heterocycles. The Labute approximate surface area is 119 Å². The first-order valence-electron chi connectivity index (χ1n) is 6.49. The number of rotatable bonds is 7. The van der Waals surface area contributed by atoms with Gasteiger partial charge in [0.2, 0.25) is 0 Å². The highest BCUT2D eigenvalue weighted by Crippen LogP contribution is 2.10. The fourth-order valence-corrected chi connectivity index (χ4v) is 1.88. The summed E-state index contributed by atoms with van der Waals surface area (Å²) in [6, 6.07) is 7.42. The second-order valence-corrected chi connectivity index (χ2v) is 5.07. The van der Waals surface area contributed by atoms with Crippen LogP contribution in [0.5, 0.6) is 0 Å². The molecule has 19 heavy (non-hydrogen) atoms. The number of amides is 2. The summed E-state index contributed by atoms with van der Waals surface area (Å²) in [5, 5.41) is 15.0. The standard InChI is InChI=1S/C14H21ClN2O2/c1-11(6-8-18)10-17-14(19)16-7-5-12-3-2-4-13(15)9-12/h2-4,9,11,18H,5-8,10H2,1H3,(H2,16,17,19). The van der Waals surface area contributed by atoms with Crippen LogP contribution in [0.4, 0.5) is 4.79 Å². The number of benzene rings is 1. The molecule has 0 bridgehead atoms. The molecule has 1 aromatic carbocycles. The van der Waals surface area contributed by atoms with Gasteiger partial charge in [-0.05, 0) is 36.5 Å². The van der Waals surface area contributed by atoms with Crippen molar-refractivity contribution in [1.29, 1.82) is 0 Å². The Morgan fingerprint density at radius 3 is 2.89 bits per heavy atom. The molecule has 0 saturated heterocycles. The fourth-order valence-electron chi connectivity index (χ4n) is 1.66. The maximum Gasteiger partial charge on any atom is 0.314 e. The van der Waals surface area contributed by atoms with Gasteiger partial charge in [0.15, 0.2) is 0 Å². The smallest absolute Gasteiger partial charge is 0.314 e. The number of urea groups is 1. The van der Waals surface area contributed by atoms with Crippen molar-refractivity contribution >= 4 is 17.6 Å². The van der Waals surface area contributed by atoms with Gasteiger partial charge >= 0.3 is 6.03 Å². The number of aliphatic hydroxyl groups is 1. The van der Waals surface area contributed by atoms with Gasteiger partial charge in [-0.25, -0.2) is 4.79 Å². The van der Waals surface area contributed by atoms with Crippen LogP contribution in [-0.4, -0.2) is 30.8 Å². The summed E-state index contributed by atoms with van der Waals surface area (Å²) in [7, 11) is 0. The molecule has 0 spiro atoms. The molecule has 1 atom stereocenters. The molecule has 0 saturated carbocycles. The molecule has 106 valence electrons. The van der Waals surface area contributed by atoms with Crippen molar-refractivity contribution in [3.05, 3.63) is 34.9 Å². The maximum atomic E-state index is 11.5. The van der Waals surface area contributed by atoms with Crippen molar-refractivity contribution in [2.45, 2.75) is 19.8 Å². The number of hydrogen-bond donors (Lipinski definition) is 3. The Morgan fingerprint density at radius 1 is 1.42 bits per heavy atom. The lowest BCUT2D eigenvalue weighted by molar-refractivity contribution is 0.234. The van der Waals surface area contributed by atoms with Crippen LogP contribution in [0.15, 0.2) is 24.3 Å². The molecule has 4 nitrogen and oxygen atoms in total. The summed E-state index contributed by atoms with van der Waals surface area (Å²) < 4.78 is 0. The minimum Gasteiger partial charge on any atom is -0.396 e. The van der Waals surface area contributed by atoms with E-state index in [1.165, 1.54) is 0 Å². The summed E-state index contributed by atoms with van der Waals surface area (Å²) in [5.74, 6) is 0.281. The average molecular weight is 285 g/mol. The zero-order valence-corrected chi connectivity index (χ0v) is 11.9. The molecule has 0 radical (unpaired) electrons. The zero-order valence-electron chi connectivity index (χ0n) is 11.2. The fraction of sp³-hybridized carbons (Fsp3) is 0.500. The molecule has 2 amide bonds. The molecule has 0 aromatic heterocycles. The Kier molecular flexibility index (Phi) is 7.30. The van der Waals surface area contributed by atoms with Crippen LogP contribution in [0.2, 0.25) is 5.02 Å². The average Bonchev–Trinajstić information content (AvgIpc) is 2.37. The van der Waals surface area contributed by atoms with Gasteiger partial charge in [0.25, 0.3) is 0 Å². The molecular weight excluding hydrogens is 264 g/mol. The molecule has 1 rings (SSSR count). The molecule has 0 aliphatic carbocycles. The third kappa shape index (κ3) is 7.03. The number of hydrogen-bond acceptors (Lipinski definition) is 2. The lowest BCUT2D eigenvalue weighted by atomic mass is 10.1. The first-order valence-corrected chi connectivity index (χ1v) is 6.86. The first kappa shape index (κ1) is 15.8. The zero-order chi connectivity index (χ0) is 14.1. The van der Waals surface area contributed by atoms with E-state index < -0.39 is 0 Å². The summed E-state index contributed by atoms with van der Waals surface area (Å²) in [5.41, 5.74) is 1.10. The minimum atomic E-state index is -0.174. The van der Waals surface area contributed by atoms with Gasteiger partial charge in [-0.15, -0.1) is 0 Å². The van der Waals surface area contributed by atoms with Crippen LogP contribution in [0, 0.1) is 5.92 Å². The van der Waals surface area contributed by atoms with Crippen molar-refractivity contribution in [2.24, 2.45) is 5.92 Å². The summed E-state index contributed by atoms with van der Waals surface area (Å²) in [6.45, 7) is 3.28. The van der Waals surface area contributed by atoms with Gasteiger partial charge in [-0.2, -0.15) is 0 Å². The SMILES string of the molecule is CC(CCO)CNC(=O)NCCc1cccc(Cl)c1. The van der Waals surface area contributed by atoms with E-state index in [0.29, 0.717) is 24.5 Å². The monoisotopic (exact) mass is 284 g/mol.